The highest BCUT2D eigenvalue weighted by Gasteiger charge is 2.24. The van der Waals surface area contributed by atoms with Gasteiger partial charge in [-0.1, -0.05) is 6.07 Å². The van der Waals surface area contributed by atoms with Gasteiger partial charge in [-0.05, 0) is 24.6 Å². The zero-order valence-corrected chi connectivity index (χ0v) is 19.8. The zero-order valence-electron chi connectivity index (χ0n) is 19.8. The van der Waals surface area contributed by atoms with Crippen LogP contribution in [0.3, 0.4) is 0 Å². The Hall–Kier alpha value is -3.99. The Kier molecular flexibility index (Phi) is 5.76. The highest BCUT2D eigenvalue weighted by molar-refractivity contribution is 5.84. The van der Waals surface area contributed by atoms with E-state index in [1.54, 1.807) is 12.1 Å². The highest BCUT2D eigenvalue weighted by atomic mass is 16.7. The van der Waals surface area contributed by atoms with Gasteiger partial charge >= 0.3 is 0 Å². The number of hydrogen-bond donors (Lipinski definition) is 1. The summed E-state index contributed by atoms with van der Waals surface area (Å²) in [5.41, 5.74) is 1.59. The monoisotopic (exact) mass is 494 g/mol. The number of morpholine rings is 1. The maximum atomic E-state index is 13.6. The predicted octanol–water partition coefficient (Wildman–Crippen LogP) is 1.61. The summed E-state index contributed by atoms with van der Waals surface area (Å²) < 4.78 is 29.1. The van der Waals surface area contributed by atoms with Gasteiger partial charge in [-0.3, -0.25) is 14.2 Å². The van der Waals surface area contributed by atoms with Crippen LogP contribution in [0.5, 0.6) is 23.0 Å². The lowest BCUT2D eigenvalue weighted by Crippen LogP contribution is -2.42. The molecular formula is C25H26N4O7. The number of hydrogen-bond acceptors (Lipinski definition) is 9. The van der Waals surface area contributed by atoms with Gasteiger partial charge in [-0.25, -0.2) is 4.98 Å². The minimum absolute atomic E-state index is 0.177. The number of rotatable bonds is 5. The van der Waals surface area contributed by atoms with Crippen LogP contribution in [0.2, 0.25) is 0 Å². The molecule has 1 atom stereocenters. The molecule has 0 radical (unpaired) electrons. The lowest BCUT2D eigenvalue weighted by atomic mass is 10.1. The van der Waals surface area contributed by atoms with Crippen LogP contribution in [0, 0.1) is 0 Å². The van der Waals surface area contributed by atoms with Crippen molar-refractivity contribution in [2.45, 2.75) is 19.5 Å². The first-order valence-electron chi connectivity index (χ1n) is 11.9. The summed E-state index contributed by atoms with van der Waals surface area (Å²) in [6.45, 7) is 4.85. The van der Waals surface area contributed by atoms with Crippen molar-refractivity contribution in [1.82, 2.24) is 14.9 Å². The number of nitrogens with zero attached hydrogens (tertiary/aromatic N) is 3. The Morgan fingerprint density at radius 1 is 0.972 bits per heavy atom. The van der Waals surface area contributed by atoms with Crippen LogP contribution in [0.15, 0.2) is 35.1 Å². The van der Waals surface area contributed by atoms with E-state index in [-0.39, 0.29) is 30.8 Å². The van der Waals surface area contributed by atoms with Crippen LogP contribution in [0.1, 0.15) is 18.5 Å². The Bertz CT molecular complexity index is 1380. The van der Waals surface area contributed by atoms with Gasteiger partial charge in [0.05, 0.1) is 30.3 Å². The fraction of sp³-hybridized carbons (Fsp3) is 0.400. The third-order valence-corrected chi connectivity index (χ3v) is 6.48. The van der Waals surface area contributed by atoms with E-state index < -0.39 is 0 Å². The Morgan fingerprint density at radius 2 is 1.69 bits per heavy atom. The van der Waals surface area contributed by atoms with Gasteiger partial charge in [-0.2, -0.15) is 0 Å². The first-order valence-corrected chi connectivity index (χ1v) is 11.9. The first-order chi connectivity index (χ1) is 17.6. The standard InChI is InChI=1S/C25H26N4O7/c1-15(16-2-3-19-20(10-16)36-14-35-19)26-23(30)13-29-18-12-22-21(33-8-9-34-22)11-17(18)27-24(25(29)31)28-4-6-32-7-5-28/h2-3,10-12,15H,4-9,13-14H2,1H3,(H,26,30)/t15-/m1/s1. The van der Waals surface area contributed by atoms with E-state index in [9.17, 15) is 9.59 Å². The number of fused-ring (bicyclic) bond motifs is 3. The second kappa shape index (κ2) is 9.23. The number of amides is 1. The zero-order chi connectivity index (χ0) is 24.6. The minimum Gasteiger partial charge on any atom is -0.486 e. The molecule has 36 heavy (non-hydrogen) atoms. The van der Waals surface area contributed by atoms with Crippen LogP contribution in [-0.4, -0.2) is 61.8 Å². The van der Waals surface area contributed by atoms with Gasteiger partial charge in [0.1, 0.15) is 19.8 Å². The molecule has 3 aromatic rings. The molecule has 3 aliphatic rings. The molecule has 1 amide bonds. The Morgan fingerprint density at radius 3 is 2.50 bits per heavy atom. The van der Waals surface area contributed by atoms with E-state index in [4.69, 9.17) is 23.7 Å². The fourth-order valence-electron chi connectivity index (χ4n) is 4.60. The first kappa shape index (κ1) is 22.5. The molecule has 1 N–H and O–H groups in total. The minimum atomic E-state index is -0.341. The van der Waals surface area contributed by atoms with Crippen molar-refractivity contribution in [1.29, 1.82) is 0 Å². The molecule has 11 nitrogen and oxygen atoms in total. The van der Waals surface area contributed by atoms with E-state index >= 15 is 0 Å². The van der Waals surface area contributed by atoms with Crippen molar-refractivity contribution in [3.63, 3.8) is 0 Å². The van der Waals surface area contributed by atoms with Gasteiger partial charge in [-0.15, -0.1) is 0 Å². The Balaban J connectivity index is 1.33. The van der Waals surface area contributed by atoms with Gasteiger partial charge in [0.25, 0.3) is 5.56 Å². The molecule has 1 saturated heterocycles. The molecule has 2 aromatic carbocycles. The summed E-state index contributed by atoms with van der Waals surface area (Å²) in [6, 6.07) is 8.72. The summed E-state index contributed by atoms with van der Waals surface area (Å²) in [5, 5.41) is 2.98. The van der Waals surface area contributed by atoms with Crippen LogP contribution in [-0.2, 0) is 16.1 Å². The molecule has 1 fully saturated rings. The average molecular weight is 495 g/mol. The number of ether oxygens (including phenoxy) is 5. The molecule has 0 spiro atoms. The van der Waals surface area contributed by atoms with E-state index in [1.807, 2.05) is 30.0 Å². The molecular weight excluding hydrogens is 468 g/mol. The summed E-state index contributed by atoms with van der Waals surface area (Å²) >= 11 is 0. The van der Waals surface area contributed by atoms with Gasteiger partial charge in [0.2, 0.25) is 12.7 Å². The van der Waals surface area contributed by atoms with E-state index in [0.29, 0.717) is 79.4 Å². The van der Waals surface area contributed by atoms with E-state index in [0.717, 1.165) is 5.56 Å². The van der Waals surface area contributed by atoms with Crippen molar-refractivity contribution in [3.8, 4) is 23.0 Å². The lowest BCUT2D eigenvalue weighted by molar-refractivity contribution is -0.122. The summed E-state index contributed by atoms with van der Waals surface area (Å²) in [6.07, 6.45) is 0. The highest BCUT2D eigenvalue weighted by Crippen LogP contribution is 2.35. The number of nitrogens with one attached hydrogen (secondary N) is 1. The van der Waals surface area contributed by atoms with Crippen molar-refractivity contribution in [2.24, 2.45) is 0 Å². The largest absolute Gasteiger partial charge is 0.486 e. The molecule has 0 bridgehead atoms. The van der Waals surface area contributed by atoms with Gasteiger partial charge in [0.15, 0.2) is 28.8 Å². The van der Waals surface area contributed by atoms with Crippen molar-refractivity contribution >= 4 is 22.8 Å². The smallest absolute Gasteiger partial charge is 0.294 e. The van der Waals surface area contributed by atoms with Crippen molar-refractivity contribution in [2.75, 3.05) is 51.2 Å². The molecule has 0 unspecified atom stereocenters. The molecule has 0 aliphatic carbocycles. The fourth-order valence-corrected chi connectivity index (χ4v) is 4.60. The van der Waals surface area contributed by atoms with Gasteiger partial charge in [0, 0.05) is 25.2 Å². The summed E-state index contributed by atoms with van der Waals surface area (Å²) in [5.74, 6) is 2.40. The van der Waals surface area contributed by atoms with Crippen LogP contribution >= 0.6 is 0 Å². The second-order valence-electron chi connectivity index (χ2n) is 8.81. The molecule has 0 saturated carbocycles. The van der Waals surface area contributed by atoms with E-state index in [1.165, 1.54) is 4.57 Å². The number of carbonyl (C=O) groups excluding carboxylic acids is 1. The second-order valence-corrected chi connectivity index (χ2v) is 8.81. The Labute approximate surface area is 206 Å². The SMILES string of the molecule is C[C@@H](NC(=O)Cn1c(=O)c(N2CCOCC2)nc2cc3c(cc21)OCCO3)c1ccc2c(c1)OCO2. The molecule has 4 heterocycles. The predicted molar refractivity (Wildman–Crippen MR) is 129 cm³/mol. The van der Waals surface area contributed by atoms with Crippen LogP contribution in [0.4, 0.5) is 5.82 Å². The molecule has 6 rings (SSSR count). The number of benzene rings is 2. The van der Waals surface area contributed by atoms with Crippen molar-refractivity contribution < 1.29 is 28.5 Å². The average Bonchev–Trinajstić information content (AvgIpc) is 3.38. The molecule has 1 aromatic heterocycles. The van der Waals surface area contributed by atoms with Gasteiger partial charge < -0.3 is 33.9 Å². The molecule has 188 valence electrons. The van der Waals surface area contributed by atoms with E-state index in [2.05, 4.69) is 10.3 Å². The molecule has 11 heteroatoms. The molecule has 3 aliphatic heterocycles. The van der Waals surface area contributed by atoms with Crippen molar-refractivity contribution in [3.05, 3.63) is 46.2 Å². The quantitative estimate of drug-likeness (QED) is 0.565. The maximum absolute atomic E-state index is 13.6. The number of carbonyl (C=O) groups is 1. The third-order valence-electron chi connectivity index (χ3n) is 6.48. The maximum Gasteiger partial charge on any atom is 0.294 e. The van der Waals surface area contributed by atoms with Crippen LogP contribution < -0.4 is 34.7 Å². The summed E-state index contributed by atoms with van der Waals surface area (Å²) in [7, 11) is 0. The third kappa shape index (κ3) is 4.15. The normalized spacial score (nSPS) is 17.2. The topological polar surface area (TPSA) is 113 Å². The van der Waals surface area contributed by atoms with Crippen LogP contribution in [0.25, 0.3) is 11.0 Å². The number of aromatic nitrogens is 2. The number of anilines is 1. The lowest BCUT2D eigenvalue weighted by Gasteiger charge is -2.28. The summed E-state index contributed by atoms with van der Waals surface area (Å²) in [4.78, 5) is 33.3.